The van der Waals surface area contributed by atoms with E-state index >= 15 is 0 Å². The number of hydrogen-bond donors (Lipinski definition) is 3. The predicted octanol–water partition coefficient (Wildman–Crippen LogP) is 0.539. The van der Waals surface area contributed by atoms with E-state index in [9.17, 15) is 10.2 Å². The number of aliphatic hydroxyl groups is 2. The van der Waals surface area contributed by atoms with E-state index in [-0.39, 0.29) is 6.61 Å². The molecule has 1 fully saturated rings. The van der Waals surface area contributed by atoms with Gasteiger partial charge in [0.05, 0.1) is 31.0 Å². The second kappa shape index (κ2) is 5.63. The Bertz CT molecular complexity index is 407. The van der Waals surface area contributed by atoms with Gasteiger partial charge in [-0.1, -0.05) is 42.5 Å². The molecule has 1 aliphatic rings. The van der Waals surface area contributed by atoms with Gasteiger partial charge in [0.25, 0.3) is 0 Å². The first-order chi connectivity index (χ1) is 8.66. The van der Waals surface area contributed by atoms with Crippen LogP contribution in [0.5, 0.6) is 0 Å². The van der Waals surface area contributed by atoms with Gasteiger partial charge >= 0.3 is 0 Å². The van der Waals surface area contributed by atoms with Crippen LogP contribution in [-0.2, 0) is 4.74 Å². The van der Waals surface area contributed by atoms with E-state index in [1.165, 1.54) is 0 Å². The number of benzene rings is 1. The maximum absolute atomic E-state index is 9.90. The summed E-state index contributed by atoms with van der Waals surface area (Å²) in [6, 6.07) is 9.76. The summed E-state index contributed by atoms with van der Waals surface area (Å²) in [4.78, 5) is 0. The minimum atomic E-state index is -1.12. The van der Waals surface area contributed by atoms with Gasteiger partial charge in [-0.05, 0) is 12.0 Å². The lowest BCUT2D eigenvalue weighted by Crippen LogP contribution is -2.65. The third kappa shape index (κ3) is 2.62. The van der Waals surface area contributed by atoms with E-state index in [1.807, 2.05) is 36.4 Å². The summed E-state index contributed by atoms with van der Waals surface area (Å²) >= 11 is 0. The Morgan fingerprint density at radius 1 is 1.39 bits per heavy atom. The van der Waals surface area contributed by atoms with Crippen molar-refractivity contribution in [1.82, 2.24) is 0 Å². The zero-order valence-electron chi connectivity index (χ0n) is 10.2. The van der Waals surface area contributed by atoms with Crippen LogP contribution in [0.25, 0.3) is 6.08 Å². The molecule has 1 aromatic carbocycles. The molecule has 1 saturated heterocycles. The second-order valence-corrected chi connectivity index (χ2v) is 4.64. The van der Waals surface area contributed by atoms with E-state index < -0.39 is 17.7 Å². The molecule has 0 unspecified atom stereocenters. The molecular formula is C14H19NO3. The van der Waals surface area contributed by atoms with E-state index in [2.05, 4.69) is 0 Å². The molecule has 4 nitrogen and oxygen atoms in total. The van der Waals surface area contributed by atoms with Gasteiger partial charge in [-0.15, -0.1) is 0 Å². The maximum Gasteiger partial charge on any atom is 0.0986 e. The summed E-state index contributed by atoms with van der Waals surface area (Å²) in [5.74, 6) is 0. The van der Waals surface area contributed by atoms with Gasteiger partial charge in [0.2, 0.25) is 0 Å². The third-order valence-corrected chi connectivity index (χ3v) is 3.38. The molecule has 0 aliphatic carbocycles. The lowest BCUT2D eigenvalue weighted by molar-refractivity contribution is -0.103. The highest BCUT2D eigenvalue weighted by Gasteiger charge is 2.43. The molecular weight excluding hydrogens is 230 g/mol. The van der Waals surface area contributed by atoms with Crippen molar-refractivity contribution in [3.63, 3.8) is 0 Å². The van der Waals surface area contributed by atoms with Crippen LogP contribution in [0.3, 0.4) is 0 Å². The summed E-state index contributed by atoms with van der Waals surface area (Å²) in [6.07, 6.45) is 2.91. The van der Waals surface area contributed by atoms with Gasteiger partial charge in [-0.25, -0.2) is 0 Å². The lowest BCUT2D eigenvalue weighted by atomic mass is 9.84. The van der Waals surface area contributed by atoms with Crippen molar-refractivity contribution in [3.8, 4) is 0 Å². The summed E-state index contributed by atoms with van der Waals surface area (Å²) in [7, 11) is 0. The Balaban J connectivity index is 2.14. The number of rotatable bonds is 3. The average molecular weight is 249 g/mol. The molecule has 18 heavy (non-hydrogen) atoms. The summed E-state index contributed by atoms with van der Waals surface area (Å²) < 4.78 is 5.54. The first-order valence-electron chi connectivity index (χ1n) is 6.09. The minimum absolute atomic E-state index is 0.308. The van der Waals surface area contributed by atoms with Gasteiger partial charge in [-0.2, -0.15) is 0 Å². The zero-order valence-corrected chi connectivity index (χ0v) is 10.2. The van der Waals surface area contributed by atoms with Crippen molar-refractivity contribution in [2.24, 2.45) is 5.73 Å². The van der Waals surface area contributed by atoms with Crippen LogP contribution < -0.4 is 5.73 Å². The number of nitrogens with two attached hydrogens (primary N) is 1. The van der Waals surface area contributed by atoms with Gasteiger partial charge in [-0.3, -0.25) is 0 Å². The fourth-order valence-electron chi connectivity index (χ4n) is 2.11. The Labute approximate surface area is 107 Å². The Morgan fingerprint density at radius 3 is 2.78 bits per heavy atom. The van der Waals surface area contributed by atoms with E-state index in [4.69, 9.17) is 10.5 Å². The maximum atomic E-state index is 9.90. The molecule has 0 radical (unpaired) electrons. The van der Waals surface area contributed by atoms with E-state index in [0.29, 0.717) is 13.0 Å². The minimum Gasteiger partial charge on any atom is -0.394 e. The molecule has 2 rings (SSSR count). The molecule has 98 valence electrons. The van der Waals surface area contributed by atoms with Crippen LogP contribution in [-0.4, -0.2) is 41.2 Å². The lowest BCUT2D eigenvalue weighted by Gasteiger charge is -2.42. The molecule has 4 heteroatoms. The first kappa shape index (κ1) is 13.2. The highest BCUT2D eigenvalue weighted by Crippen LogP contribution is 2.25. The zero-order chi connectivity index (χ0) is 13.0. The highest BCUT2D eigenvalue weighted by atomic mass is 16.5. The Morgan fingerprint density at radius 2 is 2.11 bits per heavy atom. The molecule has 1 heterocycles. The quantitative estimate of drug-likeness (QED) is 0.731. The van der Waals surface area contributed by atoms with Crippen LogP contribution in [0.2, 0.25) is 0 Å². The summed E-state index contributed by atoms with van der Waals surface area (Å²) in [6.45, 7) is 0.141. The van der Waals surface area contributed by atoms with Gasteiger partial charge in [0, 0.05) is 0 Å². The number of aliphatic hydroxyl groups excluding tert-OH is 2. The smallest absolute Gasteiger partial charge is 0.0986 e. The molecule has 0 amide bonds. The van der Waals surface area contributed by atoms with Gasteiger partial charge in [0.1, 0.15) is 0 Å². The van der Waals surface area contributed by atoms with Crippen molar-refractivity contribution >= 4 is 6.08 Å². The topological polar surface area (TPSA) is 75.7 Å². The van der Waals surface area contributed by atoms with Crippen molar-refractivity contribution < 1.29 is 14.9 Å². The molecule has 0 aromatic heterocycles. The molecule has 0 bridgehead atoms. The molecule has 0 spiro atoms. The third-order valence-electron chi connectivity index (χ3n) is 3.38. The number of hydrogen-bond acceptors (Lipinski definition) is 4. The van der Waals surface area contributed by atoms with E-state index in [0.717, 1.165) is 5.56 Å². The largest absolute Gasteiger partial charge is 0.394 e. The van der Waals surface area contributed by atoms with Crippen molar-refractivity contribution in [2.75, 3.05) is 13.2 Å². The molecule has 0 saturated carbocycles. The average Bonchev–Trinajstić information content (AvgIpc) is 2.41. The SMILES string of the molecule is N[C@@]1(CO)[C@H](O)CCO[C@@H]1/C=C/c1ccccc1. The normalized spacial score (nSPS) is 32.8. The van der Waals surface area contributed by atoms with Crippen LogP contribution >= 0.6 is 0 Å². The monoisotopic (exact) mass is 249 g/mol. The molecule has 3 atom stereocenters. The van der Waals surface area contributed by atoms with Crippen LogP contribution in [0.4, 0.5) is 0 Å². The standard InChI is InChI=1S/C14H19NO3/c15-14(10-16)12(17)8-9-18-13(14)7-6-11-4-2-1-3-5-11/h1-7,12-13,16-17H,8-10,15H2/b7-6+/t12-,13-,14+/m1/s1. The van der Waals surface area contributed by atoms with Crippen LogP contribution in [0, 0.1) is 0 Å². The van der Waals surface area contributed by atoms with Gasteiger partial charge in [0.15, 0.2) is 0 Å². The highest BCUT2D eigenvalue weighted by molar-refractivity contribution is 5.49. The molecule has 4 N–H and O–H groups in total. The number of ether oxygens (including phenoxy) is 1. The van der Waals surface area contributed by atoms with Crippen molar-refractivity contribution in [2.45, 2.75) is 24.2 Å². The first-order valence-corrected chi connectivity index (χ1v) is 6.09. The Kier molecular flexibility index (Phi) is 4.14. The fraction of sp³-hybridized carbons (Fsp3) is 0.429. The second-order valence-electron chi connectivity index (χ2n) is 4.64. The summed E-state index contributed by atoms with van der Waals surface area (Å²) in [5.41, 5.74) is 5.94. The van der Waals surface area contributed by atoms with Crippen LogP contribution in [0.15, 0.2) is 36.4 Å². The predicted molar refractivity (Wildman–Crippen MR) is 69.8 cm³/mol. The molecule has 1 aliphatic heterocycles. The van der Waals surface area contributed by atoms with Crippen molar-refractivity contribution in [3.05, 3.63) is 42.0 Å². The van der Waals surface area contributed by atoms with Crippen LogP contribution in [0.1, 0.15) is 12.0 Å². The van der Waals surface area contributed by atoms with Gasteiger partial charge < -0.3 is 20.7 Å². The Hall–Kier alpha value is -1.20. The van der Waals surface area contributed by atoms with E-state index in [1.54, 1.807) is 6.08 Å². The van der Waals surface area contributed by atoms with Crippen molar-refractivity contribution in [1.29, 1.82) is 0 Å². The summed E-state index contributed by atoms with van der Waals surface area (Å²) in [5, 5.41) is 19.3. The molecule has 1 aromatic rings. The fourth-order valence-corrected chi connectivity index (χ4v) is 2.11.